The first-order chi connectivity index (χ1) is 22.9. The lowest BCUT2D eigenvalue weighted by Crippen LogP contribution is -2.23. The summed E-state index contributed by atoms with van der Waals surface area (Å²) >= 11 is 0. The molecule has 2 aliphatic rings. The molecule has 0 heterocycles. The molecule has 1 nitrogen and oxygen atoms in total. The fourth-order valence-electron chi connectivity index (χ4n) is 7.73. The third-order valence-corrected chi connectivity index (χ3v) is 10.6. The summed E-state index contributed by atoms with van der Waals surface area (Å²) in [6.45, 7) is 5.83. The van der Waals surface area contributed by atoms with Crippen molar-refractivity contribution in [1.29, 1.82) is 0 Å². The van der Waals surface area contributed by atoms with Crippen LogP contribution in [-0.2, 0) is 0 Å². The van der Waals surface area contributed by atoms with Gasteiger partial charge in [0, 0.05) is 16.7 Å². The summed E-state index contributed by atoms with van der Waals surface area (Å²) in [7, 11) is 0. The molecule has 3 aromatic rings. The van der Waals surface area contributed by atoms with Gasteiger partial charge in [0.25, 0.3) is 0 Å². The van der Waals surface area contributed by atoms with E-state index in [-0.39, 0.29) is 23.5 Å². The van der Waals surface area contributed by atoms with Crippen LogP contribution in [0, 0.1) is 41.0 Å². The standard InChI is InChI=1S/C42H50F4O/c1-3-5-6-7-8-9-10-11-29-12-14-30(15-13-29)31-16-18-32(19-17-31)35-24-25-36(40(44)39(35)43)33-20-22-34(23-21-33)37-26-27-38(47-28-4-2)42(46)41(37)45/h4,18,20-27,29-31H,2-3,5-17,19,28H2,1H3. The summed E-state index contributed by atoms with van der Waals surface area (Å²) in [5.74, 6) is -1.75. The molecule has 0 saturated heterocycles. The number of rotatable bonds is 15. The molecule has 0 amide bonds. The first-order valence-corrected chi connectivity index (χ1v) is 17.9. The van der Waals surface area contributed by atoms with Gasteiger partial charge in [-0.25, -0.2) is 13.2 Å². The average Bonchev–Trinajstić information content (AvgIpc) is 3.10. The molecule has 0 bridgehead atoms. The van der Waals surface area contributed by atoms with Crippen LogP contribution in [0.4, 0.5) is 17.6 Å². The van der Waals surface area contributed by atoms with Gasteiger partial charge in [-0.1, -0.05) is 126 Å². The van der Waals surface area contributed by atoms with Crippen molar-refractivity contribution in [2.24, 2.45) is 17.8 Å². The quantitative estimate of drug-likeness (QED) is 0.0907. The Hall–Kier alpha value is -3.34. The van der Waals surface area contributed by atoms with Gasteiger partial charge in [-0.2, -0.15) is 4.39 Å². The van der Waals surface area contributed by atoms with Crippen LogP contribution in [-0.4, -0.2) is 6.61 Å². The Bertz CT molecular complexity index is 1500. The van der Waals surface area contributed by atoms with Crippen LogP contribution in [0.5, 0.6) is 5.75 Å². The minimum absolute atomic E-state index is 0.0566. The molecule has 1 atom stereocenters. The predicted octanol–water partition coefficient (Wildman–Crippen LogP) is 13.3. The summed E-state index contributed by atoms with van der Waals surface area (Å²) < 4.78 is 65.3. The van der Waals surface area contributed by atoms with E-state index in [1.54, 1.807) is 36.4 Å². The second-order valence-electron chi connectivity index (χ2n) is 13.7. The highest BCUT2D eigenvalue weighted by Gasteiger charge is 2.29. The monoisotopic (exact) mass is 646 g/mol. The number of hydrogen-bond donors (Lipinski definition) is 0. The molecule has 0 spiro atoms. The Morgan fingerprint density at radius 3 is 1.85 bits per heavy atom. The maximum Gasteiger partial charge on any atom is 0.201 e. The maximum absolute atomic E-state index is 15.5. The highest BCUT2D eigenvalue weighted by Crippen LogP contribution is 2.43. The Balaban J connectivity index is 1.15. The molecule has 1 unspecified atom stereocenters. The summed E-state index contributed by atoms with van der Waals surface area (Å²) in [5.41, 5.74) is 2.31. The Kier molecular flexibility index (Phi) is 12.8. The summed E-state index contributed by atoms with van der Waals surface area (Å²) in [4.78, 5) is 0. The second kappa shape index (κ2) is 17.2. The van der Waals surface area contributed by atoms with Gasteiger partial charge in [0.15, 0.2) is 23.2 Å². The van der Waals surface area contributed by atoms with Crippen LogP contribution in [0.1, 0.15) is 109 Å². The Morgan fingerprint density at radius 1 is 0.660 bits per heavy atom. The van der Waals surface area contributed by atoms with Crippen LogP contribution < -0.4 is 4.74 Å². The molecule has 0 aliphatic heterocycles. The molecule has 47 heavy (non-hydrogen) atoms. The van der Waals surface area contributed by atoms with Crippen molar-refractivity contribution in [2.45, 2.75) is 103 Å². The number of benzene rings is 3. The molecule has 5 heteroatoms. The van der Waals surface area contributed by atoms with Crippen LogP contribution in [0.3, 0.4) is 0 Å². The number of ether oxygens (including phenoxy) is 1. The first-order valence-electron chi connectivity index (χ1n) is 17.9. The van der Waals surface area contributed by atoms with E-state index in [1.165, 1.54) is 95.3 Å². The van der Waals surface area contributed by atoms with Crippen molar-refractivity contribution in [1.82, 2.24) is 0 Å². The lowest BCUT2D eigenvalue weighted by molar-refractivity contribution is 0.187. The van der Waals surface area contributed by atoms with Gasteiger partial charge in [0.05, 0.1) is 0 Å². The zero-order valence-electron chi connectivity index (χ0n) is 27.9. The van der Waals surface area contributed by atoms with Crippen molar-refractivity contribution in [2.75, 3.05) is 6.61 Å². The van der Waals surface area contributed by atoms with Crippen molar-refractivity contribution in [3.05, 3.63) is 96.1 Å². The lowest BCUT2D eigenvalue weighted by Gasteiger charge is -2.35. The highest BCUT2D eigenvalue weighted by atomic mass is 19.2. The Labute approximate surface area is 279 Å². The first kappa shape index (κ1) is 35.0. The third-order valence-electron chi connectivity index (χ3n) is 10.6. The fraction of sp³-hybridized carbons (Fsp3) is 0.476. The van der Waals surface area contributed by atoms with Gasteiger partial charge in [-0.05, 0) is 78.7 Å². The van der Waals surface area contributed by atoms with E-state index in [2.05, 4.69) is 19.6 Å². The minimum Gasteiger partial charge on any atom is -0.486 e. The van der Waals surface area contributed by atoms with Gasteiger partial charge in [0.1, 0.15) is 6.61 Å². The number of unbranched alkanes of at least 4 members (excludes halogenated alkanes) is 6. The van der Waals surface area contributed by atoms with Gasteiger partial charge in [0.2, 0.25) is 5.82 Å². The average molecular weight is 647 g/mol. The molecule has 252 valence electrons. The lowest BCUT2D eigenvalue weighted by atomic mass is 9.70. The van der Waals surface area contributed by atoms with E-state index in [0.717, 1.165) is 36.7 Å². The molecule has 2 aliphatic carbocycles. The number of halogens is 4. The molecule has 0 aromatic heterocycles. The van der Waals surface area contributed by atoms with E-state index < -0.39 is 23.3 Å². The van der Waals surface area contributed by atoms with Gasteiger partial charge < -0.3 is 4.74 Å². The number of hydrogen-bond acceptors (Lipinski definition) is 1. The topological polar surface area (TPSA) is 9.23 Å². The SMILES string of the molecule is C=CCOc1ccc(-c2ccc(-c3ccc(C4=CCC(C5CCC(CCCCCCCCC)CC5)CC4)c(F)c3F)cc2)c(F)c1F. The van der Waals surface area contributed by atoms with E-state index in [0.29, 0.717) is 22.6 Å². The van der Waals surface area contributed by atoms with Crippen molar-refractivity contribution >= 4 is 5.57 Å². The molecule has 3 aromatic carbocycles. The van der Waals surface area contributed by atoms with Crippen LogP contribution in [0.25, 0.3) is 27.8 Å². The minimum atomic E-state index is -1.08. The molecule has 5 rings (SSSR count). The smallest absolute Gasteiger partial charge is 0.201 e. The fourth-order valence-corrected chi connectivity index (χ4v) is 7.73. The van der Waals surface area contributed by atoms with E-state index in [4.69, 9.17) is 4.74 Å². The maximum atomic E-state index is 15.5. The van der Waals surface area contributed by atoms with Crippen LogP contribution in [0.2, 0.25) is 0 Å². The highest BCUT2D eigenvalue weighted by molar-refractivity contribution is 5.74. The predicted molar refractivity (Wildman–Crippen MR) is 186 cm³/mol. The second-order valence-corrected chi connectivity index (χ2v) is 13.7. The molecule has 0 N–H and O–H groups in total. The van der Waals surface area contributed by atoms with Crippen molar-refractivity contribution < 1.29 is 22.3 Å². The molecular formula is C42H50F4O. The van der Waals surface area contributed by atoms with E-state index >= 15 is 8.78 Å². The van der Waals surface area contributed by atoms with Crippen LogP contribution >= 0.6 is 0 Å². The largest absolute Gasteiger partial charge is 0.486 e. The van der Waals surface area contributed by atoms with Crippen molar-refractivity contribution in [3.63, 3.8) is 0 Å². The summed E-state index contributed by atoms with van der Waals surface area (Å²) in [6, 6.07) is 12.5. The van der Waals surface area contributed by atoms with Crippen molar-refractivity contribution in [3.8, 4) is 28.0 Å². The molecule has 1 fully saturated rings. The Morgan fingerprint density at radius 2 is 1.23 bits per heavy atom. The number of allylic oxidation sites excluding steroid dienone is 2. The molecule has 1 saturated carbocycles. The van der Waals surface area contributed by atoms with Gasteiger partial charge in [-0.3, -0.25) is 0 Å². The van der Waals surface area contributed by atoms with Crippen LogP contribution in [0.15, 0.2) is 67.3 Å². The molecular weight excluding hydrogens is 596 g/mol. The summed E-state index contributed by atoms with van der Waals surface area (Å²) in [6.07, 6.45) is 22.6. The van der Waals surface area contributed by atoms with E-state index in [1.807, 2.05) is 0 Å². The normalized spacial score (nSPS) is 19.8. The third kappa shape index (κ3) is 8.77. The molecule has 0 radical (unpaired) electrons. The zero-order chi connectivity index (χ0) is 33.2. The van der Waals surface area contributed by atoms with Gasteiger partial charge >= 0.3 is 0 Å². The van der Waals surface area contributed by atoms with E-state index in [9.17, 15) is 8.78 Å². The summed E-state index contributed by atoms with van der Waals surface area (Å²) in [5, 5.41) is 0. The zero-order valence-corrected chi connectivity index (χ0v) is 27.9. The van der Waals surface area contributed by atoms with Gasteiger partial charge in [-0.15, -0.1) is 0 Å².